The predicted molar refractivity (Wildman–Crippen MR) is 75.2 cm³/mol. The molecule has 0 radical (unpaired) electrons. The topological polar surface area (TPSA) is 48.7 Å². The van der Waals surface area contributed by atoms with Crippen molar-refractivity contribution < 1.29 is 0 Å². The molecule has 2 rings (SSSR count). The molecule has 92 valence electrons. The lowest BCUT2D eigenvalue weighted by Gasteiger charge is -2.08. The Morgan fingerprint density at radius 3 is 3.00 bits per heavy atom. The van der Waals surface area contributed by atoms with Gasteiger partial charge in [-0.05, 0) is 25.1 Å². The molecule has 3 nitrogen and oxygen atoms in total. The number of hydrogen-bond acceptors (Lipinski definition) is 4. The Bertz CT molecular complexity index is 586. The monoisotopic (exact) mass is 277 g/mol. The average Bonchev–Trinajstić information content (AvgIpc) is 2.77. The second-order valence-electron chi connectivity index (χ2n) is 3.84. The molecular weight excluding hydrogens is 266 g/mol. The van der Waals surface area contributed by atoms with Crippen LogP contribution in [0.2, 0.25) is 5.02 Å². The van der Waals surface area contributed by atoms with E-state index in [1.807, 2.05) is 12.4 Å². The van der Waals surface area contributed by atoms with Crippen LogP contribution >= 0.6 is 22.9 Å². The van der Waals surface area contributed by atoms with Gasteiger partial charge < -0.3 is 5.32 Å². The van der Waals surface area contributed by atoms with Crippen LogP contribution < -0.4 is 5.32 Å². The molecule has 0 bridgehead atoms. The van der Waals surface area contributed by atoms with E-state index in [1.165, 1.54) is 4.88 Å². The van der Waals surface area contributed by atoms with Crippen LogP contribution in [-0.4, -0.2) is 11.5 Å². The number of thiazole rings is 1. The maximum Gasteiger partial charge on any atom is 0.0992 e. The van der Waals surface area contributed by atoms with Gasteiger partial charge in [0.1, 0.15) is 0 Å². The molecule has 2 aromatic rings. The predicted octanol–water partition coefficient (Wildman–Crippen LogP) is 3.63. The van der Waals surface area contributed by atoms with Gasteiger partial charge in [0, 0.05) is 17.8 Å². The summed E-state index contributed by atoms with van der Waals surface area (Å²) in [5, 5.41) is 12.7. The molecule has 0 unspecified atom stereocenters. The van der Waals surface area contributed by atoms with Gasteiger partial charge in [0.05, 0.1) is 33.5 Å². The number of hydrogen-bond donors (Lipinski definition) is 1. The standard InChI is InChI=1S/C13H12ClN3S/c1-9-13(18-8-17-9)4-5-16-12-6-10(7-15)2-3-11(12)14/h2-3,6,8,16H,4-5H2,1H3. The Kier molecular flexibility index (Phi) is 4.19. The molecule has 0 aliphatic rings. The lowest BCUT2D eigenvalue weighted by Crippen LogP contribution is -2.05. The van der Waals surface area contributed by atoms with Gasteiger partial charge in [-0.3, -0.25) is 0 Å². The largest absolute Gasteiger partial charge is 0.383 e. The van der Waals surface area contributed by atoms with E-state index in [-0.39, 0.29) is 0 Å². The minimum atomic E-state index is 0.607. The van der Waals surface area contributed by atoms with Crippen molar-refractivity contribution in [2.24, 2.45) is 0 Å². The molecule has 1 heterocycles. The van der Waals surface area contributed by atoms with Crippen LogP contribution in [0.3, 0.4) is 0 Å². The van der Waals surface area contributed by atoms with Crippen molar-refractivity contribution in [2.75, 3.05) is 11.9 Å². The lowest BCUT2D eigenvalue weighted by atomic mass is 10.2. The van der Waals surface area contributed by atoms with Crippen LogP contribution in [0.25, 0.3) is 0 Å². The highest BCUT2D eigenvalue weighted by Crippen LogP contribution is 2.23. The highest BCUT2D eigenvalue weighted by atomic mass is 35.5. The summed E-state index contributed by atoms with van der Waals surface area (Å²) in [6.07, 6.45) is 0.906. The van der Waals surface area contributed by atoms with Crippen molar-refractivity contribution in [3.8, 4) is 6.07 Å². The van der Waals surface area contributed by atoms with Gasteiger partial charge >= 0.3 is 0 Å². The van der Waals surface area contributed by atoms with E-state index in [4.69, 9.17) is 16.9 Å². The van der Waals surface area contributed by atoms with E-state index in [0.29, 0.717) is 10.6 Å². The molecule has 0 amide bonds. The molecule has 0 atom stereocenters. The molecule has 0 spiro atoms. The number of halogens is 1. The van der Waals surface area contributed by atoms with Gasteiger partial charge in [-0.15, -0.1) is 11.3 Å². The summed E-state index contributed by atoms with van der Waals surface area (Å²) in [7, 11) is 0. The number of benzene rings is 1. The Labute approximate surface area is 115 Å². The molecule has 1 N–H and O–H groups in total. The first-order chi connectivity index (χ1) is 8.70. The molecule has 1 aromatic carbocycles. The number of nitriles is 1. The zero-order valence-corrected chi connectivity index (χ0v) is 11.5. The number of aromatic nitrogens is 1. The van der Waals surface area contributed by atoms with Gasteiger partial charge in [0.2, 0.25) is 0 Å². The zero-order chi connectivity index (χ0) is 13.0. The highest BCUT2D eigenvalue weighted by Gasteiger charge is 2.04. The van der Waals surface area contributed by atoms with E-state index in [1.54, 1.807) is 29.5 Å². The van der Waals surface area contributed by atoms with Gasteiger partial charge in [-0.25, -0.2) is 4.98 Å². The van der Waals surface area contributed by atoms with Crippen LogP contribution in [0, 0.1) is 18.3 Å². The average molecular weight is 278 g/mol. The second-order valence-corrected chi connectivity index (χ2v) is 5.19. The first kappa shape index (κ1) is 12.9. The summed E-state index contributed by atoms with van der Waals surface area (Å²) < 4.78 is 0. The van der Waals surface area contributed by atoms with E-state index in [0.717, 1.165) is 24.3 Å². The lowest BCUT2D eigenvalue weighted by molar-refractivity contribution is 1.02. The third kappa shape index (κ3) is 3.00. The van der Waals surface area contributed by atoms with Crippen LogP contribution in [0.1, 0.15) is 16.1 Å². The van der Waals surface area contributed by atoms with Gasteiger partial charge in [-0.1, -0.05) is 11.6 Å². The number of aryl methyl sites for hydroxylation is 1. The van der Waals surface area contributed by atoms with E-state index >= 15 is 0 Å². The van der Waals surface area contributed by atoms with Crippen LogP contribution in [0.4, 0.5) is 5.69 Å². The molecule has 0 aliphatic heterocycles. The molecule has 18 heavy (non-hydrogen) atoms. The quantitative estimate of drug-likeness (QED) is 0.928. The van der Waals surface area contributed by atoms with Crippen LogP contribution in [-0.2, 0) is 6.42 Å². The SMILES string of the molecule is Cc1ncsc1CCNc1cc(C#N)ccc1Cl. The van der Waals surface area contributed by atoms with Crippen molar-refractivity contribution in [2.45, 2.75) is 13.3 Å². The zero-order valence-electron chi connectivity index (χ0n) is 9.90. The summed E-state index contributed by atoms with van der Waals surface area (Å²) in [4.78, 5) is 5.48. The number of nitrogens with one attached hydrogen (secondary N) is 1. The molecule has 0 saturated carbocycles. The van der Waals surface area contributed by atoms with Crippen molar-refractivity contribution in [3.05, 3.63) is 44.9 Å². The molecule has 0 fully saturated rings. The third-order valence-electron chi connectivity index (χ3n) is 2.61. The molecule has 0 saturated heterocycles. The number of rotatable bonds is 4. The van der Waals surface area contributed by atoms with E-state index < -0.39 is 0 Å². The first-order valence-corrected chi connectivity index (χ1v) is 6.79. The fourth-order valence-electron chi connectivity index (χ4n) is 1.61. The fraction of sp³-hybridized carbons (Fsp3) is 0.231. The van der Waals surface area contributed by atoms with Crippen molar-refractivity contribution in [1.29, 1.82) is 5.26 Å². The van der Waals surface area contributed by atoms with Gasteiger partial charge in [-0.2, -0.15) is 5.26 Å². The summed E-state index contributed by atoms with van der Waals surface area (Å²) in [6.45, 7) is 2.78. The van der Waals surface area contributed by atoms with Crippen molar-refractivity contribution in [1.82, 2.24) is 4.98 Å². The molecule has 0 aliphatic carbocycles. The Balaban J connectivity index is 1.98. The number of nitrogens with zero attached hydrogens (tertiary/aromatic N) is 2. The molecular formula is C13H12ClN3S. The minimum Gasteiger partial charge on any atom is -0.383 e. The van der Waals surface area contributed by atoms with Crippen LogP contribution in [0.5, 0.6) is 0 Å². The maximum absolute atomic E-state index is 8.84. The Morgan fingerprint density at radius 1 is 1.50 bits per heavy atom. The summed E-state index contributed by atoms with van der Waals surface area (Å²) in [6, 6.07) is 7.31. The van der Waals surface area contributed by atoms with Gasteiger partial charge in [0.25, 0.3) is 0 Å². The van der Waals surface area contributed by atoms with Crippen LogP contribution in [0.15, 0.2) is 23.7 Å². The summed E-state index contributed by atoms with van der Waals surface area (Å²) in [5.74, 6) is 0. The Morgan fingerprint density at radius 2 is 2.33 bits per heavy atom. The minimum absolute atomic E-state index is 0.607. The Hall–Kier alpha value is -1.57. The number of anilines is 1. The van der Waals surface area contributed by atoms with Crippen molar-refractivity contribution in [3.63, 3.8) is 0 Å². The maximum atomic E-state index is 8.84. The normalized spacial score (nSPS) is 10.1. The fourth-order valence-corrected chi connectivity index (χ4v) is 2.57. The highest BCUT2D eigenvalue weighted by molar-refractivity contribution is 7.09. The second kappa shape index (κ2) is 5.85. The smallest absolute Gasteiger partial charge is 0.0992 e. The van der Waals surface area contributed by atoms with E-state index in [2.05, 4.69) is 16.4 Å². The summed E-state index contributed by atoms with van der Waals surface area (Å²) in [5.41, 5.74) is 4.35. The third-order valence-corrected chi connectivity index (χ3v) is 3.93. The molecule has 5 heteroatoms. The first-order valence-electron chi connectivity index (χ1n) is 5.53. The van der Waals surface area contributed by atoms with Gasteiger partial charge in [0.15, 0.2) is 0 Å². The molecule has 1 aromatic heterocycles. The van der Waals surface area contributed by atoms with Crippen molar-refractivity contribution >= 4 is 28.6 Å². The summed E-state index contributed by atoms with van der Waals surface area (Å²) >= 11 is 7.72. The van der Waals surface area contributed by atoms with E-state index in [9.17, 15) is 0 Å².